The van der Waals surface area contributed by atoms with Gasteiger partial charge in [-0.25, -0.2) is 0 Å². The number of nitrogens with one attached hydrogen (secondary N) is 2. The third-order valence-electron chi connectivity index (χ3n) is 4.23. The summed E-state index contributed by atoms with van der Waals surface area (Å²) in [6.45, 7) is 3.06. The maximum Gasteiger partial charge on any atom is 0.274 e. The van der Waals surface area contributed by atoms with Gasteiger partial charge in [0, 0.05) is 46.6 Å². The molecule has 0 aromatic carbocycles. The van der Waals surface area contributed by atoms with E-state index in [4.69, 9.17) is 4.42 Å². The van der Waals surface area contributed by atoms with Crippen LogP contribution >= 0.6 is 34.9 Å². The molecule has 0 aliphatic carbocycles. The number of furan rings is 1. The van der Waals surface area contributed by atoms with E-state index in [0.29, 0.717) is 18.9 Å². The van der Waals surface area contributed by atoms with Crippen LogP contribution in [0, 0.1) is 10.1 Å². The third kappa shape index (κ3) is 12.4. The minimum absolute atomic E-state index is 0.428. The molecule has 2 aromatic rings. The molecule has 0 saturated carbocycles. The van der Waals surface area contributed by atoms with Gasteiger partial charge in [0.1, 0.15) is 11.5 Å². The van der Waals surface area contributed by atoms with Crippen LogP contribution in [0.25, 0.3) is 0 Å². The monoisotopic (exact) mass is 513 g/mol. The van der Waals surface area contributed by atoms with Crippen LogP contribution in [0.1, 0.15) is 21.3 Å². The number of thiophene rings is 1. The van der Waals surface area contributed by atoms with E-state index in [1.54, 1.807) is 11.8 Å². The van der Waals surface area contributed by atoms with Gasteiger partial charge >= 0.3 is 0 Å². The summed E-state index contributed by atoms with van der Waals surface area (Å²) in [5.74, 6) is 5.81. The molecule has 0 radical (unpaired) electrons. The summed E-state index contributed by atoms with van der Waals surface area (Å²) >= 11 is 5.40. The van der Waals surface area contributed by atoms with Crippen molar-refractivity contribution in [2.75, 3.05) is 52.8 Å². The lowest BCUT2D eigenvalue weighted by molar-refractivity contribution is -0.404. The Balaban J connectivity index is 1.61. The van der Waals surface area contributed by atoms with Gasteiger partial charge in [0.15, 0.2) is 5.82 Å². The average molecular weight is 514 g/mol. The highest BCUT2D eigenvalue weighted by molar-refractivity contribution is 7.98. The Morgan fingerprint density at radius 3 is 2.21 bits per heavy atom. The Morgan fingerprint density at radius 2 is 1.58 bits per heavy atom. The Labute approximate surface area is 209 Å². The molecule has 2 aromatic heterocycles. The Kier molecular flexibility index (Phi) is 12.8. The van der Waals surface area contributed by atoms with E-state index in [9.17, 15) is 10.1 Å². The summed E-state index contributed by atoms with van der Waals surface area (Å²) < 4.78 is 5.80. The lowest BCUT2D eigenvalue weighted by Gasteiger charge is -2.11. The van der Waals surface area contributed by atoms with E-state index < -0.39 is 4.92 Å². The van der Waals surface area contributed by atoms with Crippen LogP contribution in [0.3, 0.4) is 0 Å². The first-order valence-corrected chi connectivity index (χ1v) is 13.9. The van der Waals surface area contributed by atoms with Crippen molar-refractivity contribution in [2.24, 2.45) is 0 Å². The molecule has 0 spiro atoms. The molecule has 11 heteroatoms. The summed E-state index contributed by atoms with van der Waals surface area (Å²) in [7, 11) is 8.17. The second-order valence-corrected chi connectivity index (χ2v) is 11.5. The molecule has 0 atom stereocenters. The molecule has 0 unspecified atom stereocenters. The largest absolute Gasteiger partial charge is 0.464 e. The van der Waals surface area contributed by atoms with Crippen molar-refractivity contribution in [1.29, 1.82) is 0 Å². The summed E-state index contributed by atoms with van der Waals surface area (Å²) in [6, 6.07) is 8.39. The van der Waals surface area contributed by atoms with Gasteiger partial charge in [0.05, 0.1) is 17.2 Å². The van der Waals surface area contributed by atoms with Crippen molar-refractivity contribution in [1.82, 2.24) is 20.4 Å². The minimum atomic E-state index is -0.428. The summed E-state index contributed by atoms with van der Waals surface area (Å²) in [6.07, 6.45) is 1.00. The van der Waals surface area contributed by atoms with Crippen molar-refractivity contribution in [3.05, 3.63) is 67.7 Å². The first-order valence-electron chi connectivity index (χ1n) is 10.7. The minimum Gasteiger partial charge on any atom is -0.464 e. The highest BCUT2D eigenvalue weighted by Gasteiger charge is 2.06. The molecule has 0 saturated heterocycles. The zero-order chi connectivity index (χ0) is 24.1. The molecular weight excluding hydrogens is 478 g/mol. The molecule has 8 nitrogen and oxygen atoms in total. The SMILES string of the molecule is CN(C)Cc1ccc(CSCCNC(=C[N+](=O)[O-])NCCSCc2ccc(CN(C)C)s2)o1. The molecule has 184 valence electrons. The van der Waals surface area contributed by atoms with Crippen LogP contribution in [0.4, 0.5) is 0 Å². The van der Waals surface area contributed by atoms with Crippen molar-refractivity contribution in [3.8, 4) is 0 Å². The number of hydrogen-bond donors (Lipinski definition) is 2. The second-order valence-electron chi connectivity index (χ2n) is 8.00. The molecule has 0 fully saturated rings. The fraction of sp³-hybridized carbons (Fsp3) is 0.545. The quantitative estimate of drug-likeness (QED) is 0.186. The van der Waals surface area contributed by atoms with Gasteiger partial charge in [0.2, 0.25) is 0 Å². The molecule has 0 bridgehead atoms. The maximum atomic E-state index is 10.9. The van der Waals surface area contributed by atoms with Gasteiger partial charge in [-0.1, -0.05) is 0 Å². The fourth-order valence-electron chi connectivity index (χ4n) is 2.91. The van der Waals surface area contributed by atoms with Crippen molar-refractivity contribution >= 4 is 34.9 Å². The number of nitrogens with zero attached hydrogens (tertiary/aromatic N) is 3. The number of hydrogen-bond acceptors (Lipinski definition) is 10. The predicted molar refractivity (Wildman–Crippen MR) is 141 cm³/mol. The van der Waals surface area contributed by atoms with Crippen molar-refractivity contribution in [2.45, 2.75) is 24.6 Å². The average Bonchev–Trinajstić information content (AvgIpc) is 3.35. The number of nitro groups is 1. The maximum absolute atomic E-state index is 10.9. The smallest absolute Gasteiger partial charge is 0.274 e. The van der Waals surface area contributed by atoms with Crippen LogP contribution in [0.5, 0.6) is 0 Å². The topological polar surface area (TPSA) is 86.8 Å². The Morgan fingerprint density at radius 1 is 0.970 bits per heavy atom. The normalized spacial score (nSPS) is 12.0. The number of rotatable bonds is 17. The van der Waals surface area contributed by atoms with Gasteiger partial charge in [0.25, 0.3) is 6.20 Å². The van der Waals surface area contributed by atoms with E-state index in [-0.39, 0.29) is 0 Å². The van der Waals surface area contributed by atoms with E-state index >= 15 is 0 Å². The Hall–Kier alpha value is -1.66. The zero-order valence-electron chi connectivity index (χ0n) is 19.8. The fourth-order valence-corrected chi connectivity index (χ4v) is 5.77. The molecule has 2 N–H and O–H groups in total. The summed E-state index contributed by atoms with van der Waals surface area (Å²) in [5, 5.41) is 17.2. The molecule has 2 heterocycles. The van der Waals surface area contributed by atoms with Gasteiger partial charge in [-0.2, -0.15) is 23.5 Å². The van der Waals surface area contributed by atoms with Crippen LogP contribution in [0.2, 0.25) is 0 Å². The standard InChI is InChI=1S/C22H35N5O3S3/c1-25(2)13-18-5-6-19(30-18)16-31-11-9-23-22(15-27(28)29)24-10-12-32-17-21-8-7-20(33-21)14-26(3)4/h5-8,15,23-24H,9-14,16-17H2,1-4H3. The Bertz CT molecular complexity index is 807. The van der Waals surface area contributed by atoms with Crippen molar-refractivity contribution < 1.29 is 9.34 Å². The highest BCUT2D eigenvalue weighted by atomic mass is 32.2. The predicted octanol–water partition coefficient (Wildman–Crippen LogP) is 3.89. The van der Waals surface area contributed by atoms with Gasteiger partial charge in [-0.3, -0.25) is 10.1 Å². The summed E-state index contributed by atoms with van der Waals surface area (Å²) in [4.78, 5) is 17.5. The molecular formula is C22H35N5O3S3. The van der Waals surface area contributed by atoms with Gasteiger partial charge in [-0.05, 0) is 52.5 Å². The second kappa shape index (κ2) is 15.3. The molecule has 33 heavy (non-hydrogen) atoms. The molecule has 0 amide bonds. The van der Waals surface area contributed by atoms with Gasteiger partial charge in [-0.15, -0.1) is 11.3 Å². The van der Waals surface area contributed by atoms with E-state index in [2.05, 4.69) is 46.7 Å². The number of thioether (sulfide) groups is 2. The van der Waals surface area contributed by atoms with Gasteiger partial charge < -0.3 is 24.9 Å². The van der Waals surface area contributed by atoms with Crippen LogP contribution in [0.15, 0.2) is 40.7 Å². The van der Waals surface area contributed by atoms with E-state index in [1.807, 2.05) is 49.3 Å². The lowest BCUT2D eigenvalue weighted by atomic mass is 10.4. The highest BCUT2D eigenvalue weighted by Crippen LogP contribution is 2.22. The van der Waals surface area contributed by atoms with E-state index in [1.165, 1.54) is 9.75 Å². The summed E-state index contributed by atoms with van der Waals surface area (Å²) in [5.41, 5.74) is 0. The molecule has 0 aliphatic heterocycles. The van der Waals surface area contributed by atoms with Crippen molar-refractivity contribution in [3.63, 3.8) is 0 Å². The van der Waals surface area contributed by atoms with E-state index in [0.717, 1.165) is 53.8 Å². The lowest BCUT2D eigenvalue weighted by Crippen LogP contribution is -2.30. The first-order chi connectivity index (χ1) is 15.8. The first kappa shape index (κ1) is 27.6. The zero-order valence-corrected chi connectivity index (χ0v) is 22.3. The van der Waals surface area contributed by atoms with Crippen LogP contribution in [-0.4, -0.2) is 67.5 Å². The molecule has 0 aliphatic rings. The van der Waals surface area contributed by atoms with Crippen LogP contribution < -0.4 is 10.6 Å². The third-order valence-corrected chi connectivity index (χ3v) is 7.47. The van der Waals surface area contributed by atoms with Crippen LogP contribution in [-0.2, 0) is 24.6 Å². The molecule has 2 rings (SSSR count).